The van der Waals surface area contributed by atoms with Gasteiger partial charge in [-0.2, -0.15) is 0 Å². The molecule has 2 aromatic rings. The first-order valence-corrected chi connectivity index (χ1v) is 8.90. The van der Waals surface area contributed by atoms with Gasteiger partial charge < -0.3 is 18.8 Å². The van der Waals surface area contributed by atoms with Crippen LogP contribution in [0, 0.1) is 5.41 Å². The van der Waals surface area contributed by atoms with Gasteiger partial charge in [-0.25, -0.2) is 9.59 Å². The van der Waals surface area contributed by atoms with Gasteiger partial charge in [0.25, 0.3) is 0 Å². The van der Waals surface area contributed by atoms with Crippen LogP contribution in [0.4, 0.5) is 4.79 Å². The highest BCUT2D eigenvalue weighted by Gasteiger charge is 2.55. The molecular formula is C20H23NO5. The second kappa shape index (κ2) is 5.76. The predicted molar refractivity (Wildman–Crippen MR) is 96.4 cm³/mol. The van der Waals surface area contributed by atoms with Gasteiger partial charge in [-0.1, -0.05) is 0 Å². The van der Waals surface area contributed by atoms with Crippen LogP contribution in [-0.2, 0) is 4.74 Å². The molecule has 1 aromatic heterocycles. The van der Waals surface area contributed by atoms with Gasteiger partial charge in [0, 0.05) is 36.0 Å². The zero-order valence-electron chi connectivity index (χ0n) is 15.3. The molecule has 1 saturated heterocycles. The monoisotopic (exact) mass is 357 g/mol. The standard InChI is InChI=1S/C20H23NO5/c1-19(2,3)26-18(23)21-11-20(12-21)9-15(10-20)24-14-6-4-13-5-7-17(22)25-16(13)8-14/h4-8,15H,9-12H2,1-3H3. The summed E-state index contributed by atoms with van der Waals surface area (Å²) in [5.41, 5.74) is -0.126. The van der Waals surface area contributed by atoms with Crippen molar-refractivity contribution in [2.75, 3.05) is 13.1 Å². The fourth-order valence-corrected chi connectivity index (χ4v) is 3.77. The van der Waals surface area contributed by atoms with Gasteiger partial charge in [0.1, 0.15) is 23.0 Å². The average molecular weight is 357 g/mol. The molecule has 6 nitrogen and oxygen atoms in total. The molecule has 1 amide bonds. The minimum absolute atomic E-state index is 0.128. The van der Waals surface area contributed by atoms with E-state index in [2.05, 4.69) is 0 Å². The lowest BCUT2D eigenvalue weighted by molar-refractivity contribution is -0.116. The van der Waals surface area contributed by atoms with Crippen LogP contribution in [0.3, 0.4) is 0 Å². The Labute approximate surface area is 151 Å². The number of ether oxygens (including phenoxy) is 2. The quantitative estimate of drug-likeness (QED) is 0.769. The lowest BCUT2D eigenvalue weighted by Crippen LogP contribution is -2.66. The zero-order valence-corrected chi connectivity index (χ0v) is 15.3. The normalized spacial score (nSPS) is 19.1. The fourth-order valence-electron chi connectivity index (χ4n) is 3.77. The highest BCUT2D eigenvalue weighted by atomic mass is 16.6. The van der Waals surface area contributed by atoms with Gasteiger partial charge in [-0.3, -0.25) is 0 Å². The van der Waals surface area contributed by atoms with Crippen LogP contribution in [0.2, 0.25) is 0 Å². The van der Waals surface area contributed by atoms with E-state index in [-0.39, 0.29) is 23.2 Å². The molecule has 1 aliphatic carbocycles. The van der Waals surface area contributed by atoms with Crippen molar-refractivity contribution in [3.8, 4) is 5.75 Å². The molecule has 1 spiro atoms. The van der Waals surface area contributed by atoms with Crippen LogP contribution in [0.25, 0.3) is 11.0 Å². The topological polar surface area (TPSA) is 69.0 Å². The first-order chi connectivity index (χ1) is 12.2. The number of nitrogens with zero attached hydrogens (tertiary/aromatic N) is 1. The number of carbonyl (C=O) groups is 1. The molecule has 1 aliphatic heterocycles. The van der Waals surface area contributed by atoms with Crippen LogP contribution in [0.15, 0.2) is 39.5 Å². The summed E-state index contributed by atoms with van der Waals surface area (Å²) in [7, 11) is 0. The number of fused-ring (bicyclic) bond motifs is 1. The van der Waals surface area contributed by atoms with Gasteiger partial charge in [-0.05, 0) is 51.8 Å². The molecule has 0 radical (unpaired) electrons. The molecule has 0 N–H and O–H groups in total. The van der Waals surface area contributed by atoms with Crippen LogP contribution in [0.1, 0.15) is 33.6 Å². The number of benzene rings is 1. The van der Waals surface area contributed by atoms with Crippen LogP contribution in [0.5, 0.6) is 5.75 Å². The Morgan fingerprint density at radius 1 is 1.19 bits per heavy atom. The summed E-state index contributed by atoms with van der Waals surface area (Å²) < 4.78 is 16.6. The third-order valence-electron chi connectivity index (χ3n) is 4.92. The highest BCUT2D eigenvalue weighted by Crippen LogP contribution is 2.50. The van der Waals surface area contributed by atoms with Gasteiger partial charge in [0.15, 0.2) is 0 Å². The van der Waals surface area contributed by atoms with E-state index in [9.17, 15) is 9.59 Å². The largest absolute Gasteiger partial charge is 0.490 e. The smallest absolute Gasteiger partial charge is 0.410 e. The van der Waals surface area contributed by atoms with Crippen molar-refractivity contribution < 1.29 is 18.7 Å². The molecule has 1 aromatic carbocycles. The summed E-state index contributed by atoms with van der Waals surface area (Å²) >= 11 is 0. The number of hydrogen-bond donors (Lipinski definition) is 0. The molecule has 138 valence electrons. The molecule has 4 rings (SSSR count). The zero-order chi connectivity index (χ0) is 18.5. The molecule has 2 heterocycles. The Morgan fingerprint density at radius 3 is 2.58 bits per heavy atom. The SMILES string of the molecule is CC(C)(C)OC(=O)N1CC2(CC(Oc3ccc4ccc(=O)oc4c3)C2)C1. The van der Waals surface area contributed by atoms with E-state index in [1.54, 1.807) is 17.0 Å². The van der Waals surface area contributed by atoms with Crippen molar-refractivity contribution in [1.29, 1.82) is 0 Å². The van der Waals surface area contributed by atoms with E-state index >= 15 is 0 Å². The molecular weight excluding hydrogens is 334 g/mol. The van der Waals surface area contributed by atoms with Crippen molar-refractivity contribution in [3.63, 3.8) is 0 Å². The molecule has 0 unspecified atom stereocenters. The third-order valence-corrected chi connectivity index (χ3v) is 4.92. The van der Waals surface area contributed by atoms with Crippen molar-refractivity contribution in [2.45, 2.75) is 45.3 Å². The number of likely N-dealkylation sites (tertiary alicyclic amines) is 1. The predicted octanol–water partition coefficient (Wildman–Crippen LogP) is 3.57. The fraction of sp³-hybridized carbons (Fsp3) is 0.500. The number of carbonyl (C=O) groups excluding carboxylic acids is 1. The van der Waals surface area contributed by atoms with E-state index in [0.29, 0.717) is 11.3 Å². The number of amides is 1. The second-order valence-corrected chi connectivity index (χ2v) is 8.44. The van der Waals surface area contributed by atoms with Crippen LogP contribution < -0.4 is 10.4 Å². The number of hydrogen-bond acceptors (Lipinski definition) is 5. The molecule has 0 atom stereocenters. The molecule has 0 bridgehead atoms. The maximum atomic E-state index is 12.0. The number of rotatable bonds is 2. The Hall–Kier alpha value is -2.50. The van der Waals surface area contributed by atoms with Gasteiger partial charge in [0.2, 0.25) is 0 Å². The highest BCUT2D eigenvalue weighted by molar-refractivity contribution is 5.77. The molecule has 2 aliphatic rings. The van der Waals surface area contributed by atoms with E-state index in [1.165, 1.54) is 6.07 Å². The van der Waals surface area contributed by atoms with E-state index in [1.807, 2.05) is 32.9 Å². The van der Waals surface area contributed by atoms with Crippen molar-refractivity contribution >= 4 is 17.1 Å². The Bertz CT molecular complexity index is 896. The first kappa shape index (κ1) is 16.9. The molecule has 1 saturated carbocycles. The Kier molecular flexibility index (Phi) is 3.75. The first-order valence-electron chi connectivity index (χ1n) is 8.90. The Morgan fingerprint density at radius 2 is 1.88 bits per heavy atom. The van der Waals surface area contributed by atoms with Crippen molar-refractivity contribution in [2.24, 2.45) is 5.41 Å². The summed E-state index contributed by atoms with van der Waals surface area (Å²) in [4.78, 5) is 25.1. The summed E-state index contributed by atoms with van der Waals surface area (Å²) in [5, 5.41) is 0.869. The summed E-state index contributed by atoms with van der Waals surface area (Å²) in [6, 6.07) is 8.68. The van der Waals surface area contributed by atoms with Crippen LogP contribution >= 0.6 is 0 Å². The molecule has 6 heteroatoms. The van der Waals surface area contributed by atoms with Crippen LogP contribution in [-0.4, -0.2) is 35.8 Å². The minimum Gasteiger partial charge on any atom is -0.490 e. The van der Waals surface area contributed by atoms with Gasteiger partial charge >= 0.3 is 11.7 Å². The van der Waals surface area contributed by atoms with Gasteiger partial charge in [0.05, 0.1) is 0 Å². The van der Waals surface area contributed by atoms with Crippen molar-refractivity contribution in [1.82, 2.24) is 4.90 Å². The van der Waals surface area contributed by atoms with Crippen molar-refractivity contribution in [3.05, 3.63) is 40.8 Å². The summed E-state index contributed by atoms with van der Waals surface area (Å²) in [6.07, 6.45) is 1.73. The Balaban J connectivity index is 1.31. The van der Waals surface area contributed by atoms with E-state index in [0.717, 1.165) is 31.3 Å². The maximum Gasteiger partial charge on any atom is 0.410 e. The maximum absolute atomic E-state index is 12.0. The summed E-state index contributed by atoms with van der Waals surface area (Å²) in [5.74, 6) is 0.704. The molecule has 2 fully saturated rings. The van der Waals surface area contributed by atoms with Gasteiger partial charge in [-0.15, -0.1) is 0 Å². The lowest BCUT2D eigenvalue weighted by Gasteiger charge is -2.58. The van der Waals surface area contributed by atoms with E-state index < -0.39 is 5.60 Å². The molecule has 26 heavy (non-hydrogen) atoms. The lowest BCUT2D eigenvalue weighted by atomic mass is 9.62. The summed E-state index contributed by atoms with van der Waals surface area (Å²) in [6.45, 7) is 7.08. The third kappa shape index (κ3) is 3.28. The van der Waals surface area contributed by atoms with E-state index in [4.69, 9.17) is 13.9 Å². The average Bonchev–Trinajstić information content (AvgIpc) is 2.45. The second-order valence-electron chi connectivity index (χ2n) is 8.44. The minimum atomic E-state index is -0.462.